The number of hydrogen-bond donors (Lipinski definition) is 1. The van der Waals surface area contributed by atoms with Crippen molar-refractivity contribution in [1.29, 1.82) is 0 Å². The fraction of sp³-hybridized carbons (Fsp3) is 0. The van der Waals surface area contributed by atoms with E-state index >= 15 is 0 Å². The Balaban J connectivity index is 2.91. The third kappa shape index (κ3) is 1.03. The zero-order valence-corrected chi connectivity index (χ0v) is 7.02. The van der Waals surface area contributed by atoms with Gasteiger partial charge in [-0.2, -0.15) is 5.10 Å². The Hall–Kier alpha value is -0.900. The van der Waals surface area contributed by atoms with E-state index in [1.165, 1.54) is 12.1 Å². The van der Waals surface area contributed by atoms with Crippen LogP contribution in [0.15, 0.2) is 22.8 Å². The van der Waals surface area contributed by atoms with Crippen molar-refractivity contribution in [3.05, 3.63) is 28.6 Å². The first-order valence-corrected chi connectivity index (χ1v) is 3.85. The van der Waals surface area contributed by atoms with Crippen LogP contribution in [0, 0.1) is 5.82 Å². The molecule has 0 bridgehead atoms. The molecule has 2 nitrogen and oxygen atoms in total. The van der Waals surface area contributed by atoms with Crippen LogP contribution in [0.25, 0.3) is 10.9 Å². The minimum atomic E-state index is -0.259. The van der Waals surface area contributed by atoms with Gasteiger partial charge in [-0.1, -0.05) is 0 Å². The second kappa shape index (κ2) is 2.30. The molecule has 0 radical (unpaired) electrons. The molecule has 2 aromatic rings. The molecule has 0 unspecified atom stereocenters. The SMILES string of the molecule is Fc1cc(Br)c2[nH]ncc2c1. The molecule has 11 heavy (non-hydrogen) atoms. The summed E-state index contributed by atoms with van der Waals surface area (Å²) in [5, 5.41) is 7.31. The third-order valence-corrected chi connectivity index (χ3v) is 2.09. The predicted octanol–water partition coefficient (Wildman–Crippen LogP) is 2.46. The first-order chi connectivity index (χ1) is 5.27. The van der Waals surface area contributed by atoms with Gasteiger partial charge >= 0.3 is 0 Å². The van der Waals surface area contributed by atoms with Crippen LogP contribution in [0.3, 0.4) is 0 Å². The molecule has 0 aliphatic carbocycles. The van der Waals surface area contributed by atoms with Crippen LogP contribution >= 0.6 is 15.9 Å². The number of H-pyrrole nitrogens is 1. The molecule has 56 valence electrons. The molecule has 0 spiro atoms. The Bertz CT molecular complexity index is 396. The van der Waals surface area contributed by atoms with Gasteiger partial charge in [-0.15, -0.1) is 0 Å². The molecule has 0 atom stereocenters. The molecule has 0 saturated carbocycles. The highest BCUT2D eigenvalue weighted by molar-refractivity contribution is 9.10. The van der Waals surface area contributed by atoms with Crippen molar-refractivity contribution in [2.45, 2.75) is 0 Å². The lowest BCUT2D eigenvalue weighted by atomic mass is 10.2. The van der Waals surface area contributed by atoms with E-state index in [4.69, 9.17) is 0 Å². The lowest BCUT2D eigenvalue weighted by Gasteiger charge is -1.92. The van der Waals surface area contributed by atoms with E-state index in [1.54, 1.807) is 6.20 Å². The topological polar surface area (TPSA) is 28.7 Å². The Morgan fingerprint density at radius 1 is 1.45 bits per heavy atom. The van der Waals surface area contributed by atoms with Gasteiger partial charge in [0.25, 0.3) is 0 Å². The average molecular weight is 215 g/mol. The number of rotatable bonds is 0. The second-order valence-electron chi connectivity index (χ2n) is 2.22. The van der Waals surface area contributed by atoms with Gasteiger partial charge in [0.1, 0.15) is 5.82 Å². The van der Waals surface area contributed by atoms with Crippen LogP contribution in [0.2, 0.25) is 0 Å². The monoisotopic (exact) mass is 214 g/mol. The molecule has 4 heteroatoms. The van der Waals surface area contributed by atoms with Crippen molar-refractivity contribution < 1.29 is 4.39 Å². The highest BCUT2D eigenvalue weighted by Gasteiger charge is 2.01. The molecule has 1 aromatic carbocycles. The zero-order chi connectivity index (χ0) is 7.84. The van der Waals surface area contributed by atoms with E-state index in [1.807, 2.05) is 0 Å². The smallest absolute Gasteiger partial charge is 0.125 e. The number of hydrogen-bond acceptors (Lipinski definition) is 1. The highest BCUT2D eigenvalue weighted by Crippen LogP contribution is 2.22. The lowest BCUT2D eigenvalue weighted by Crippen LogP contribution is -1.75. The van der Waals surface area contributed by atoms with Gasteiger partial charge in [0.05, 0.1) is 11.7 Å². The summed E-state index contributed by atoms with van der Waals surface area (Å²) in [7, 11) is 0. The molecule has 1 aromatic heterocycles. The molecule has 0 aliphatic rings. The van der Waals surface area contributed by atoms with Crippen LogP contribution in [-0.2, 0) is 0 Å². The van der Waals surface area contributed by atoms with Crippen molar-refractivity contribution in [3.63, 3.8) is 0 Å². The highest BCUT2D eigenvalue weighted by atomic mass is 79.9. The van der Waals surface area contributed by atoms with Gasteiger partial charge < -0.3 is 0 Å². The minimum absolute atomic E-state index is 0.259. The Labute approximate surface area is 70.5 Å². The summed E-state index contributed by atoms with van der Waals surface area (Å²) in [6.07, 6.45) is 1.59. The van der Waals surface area contributed by atoms with Crippen LogP contribution in [0.1, 0.15) is 0 Å². The second-order valence-corrected chi connectivity index (χ2v) is 3.08. The predicted molar refractivity (Wildman–Crippen MR) is 43.8 cm³/mol. The summed E-state index contributed by atoms with van der Waals surface area (Å²) in [6.45, 7) is 0. The molecule has 2 rings (SSSR count). The van der Waals surface area contributed by atoms with E-state index in [0.29, 0.717) is 4.47 Å². The molecule has 0 saturated heterocycles. The van der Waals surface area contributed by atoms with Gasteiger partial charge in [0.2, 0.25) is 0 Å². The van der Waals surface area contributed by atoms with Gasteiger partial charge in [-0.25, -0.2) is 4.39 Å². The largest absolute Gasteiger partial charge is 0.277 e. The van der Waals surface area contributed by atoms with Gasteiger partial charge in [-0.3, -0.25) is 5.10 Å². The minimum Gasteiger partial charge on any atom is -0.277 e. The number of nitrogens with zero attached hydrogens (tertiary/aromatic N) is 1. The summed E-state index contributed by atoms with van der Waals surface area (Å²) >= 11 is 3.22. The van der Waals surface area contributed by atoms with Gasteiger partial charge in [-0.05, 0) is 28.1 Å². The van der Waals surface area contributed by atoms with Crippen molar-refractivity contribution in [1.82, 2.24) is 10.2 Å². The van der Waals surface area contributed by atoms with Gasteiger partial charge in [0, 0.05) is 9.86 Å². The third-order valence-electron chi connectivity index (χ3n) is 1.47. The number of halogens is 2. The van der Waals surface area contributed by atoms with E-state index in [-0.39, 0.29) is 5.82 Å². The van der Waals surface area contributed by atoms with Crippen LogP contribution in [-0.4, -0.2) is 10.2 Å². The summed E-state index contributed by atoms with van der Waals surface area (Å²) in [6, 6.07) is 2.84. The van der Waals surface area contributed by atoms with Crippen LogP contribution in [0.5, 0.6) is 0 Å². The molecular weight excluding hydrogens is 211 g/mol. The molecule has 1 N–H and O–H groups in total. The van der Waals surface area contributed by atoms with E-state index in [0.717, 1.165) is 10.9 Å². The molecule has 0 amide bonds. The van der Waals surface area contributed by atoms with Crippen molar-refractivity contribution >= 4 is 26.8 Å². The Kier molecular flexibility index (Phi) is 1.42. The summed E-state index contributed by atoms with van der Waals surface area (Å²) in [5.74, 6) is -0.259. The number of aromatic nitrogens is 2. The van der Waals surface area contributed by atoms with Crippen molar-refractivity contribution in [2.75, 3.05) is 0 Å². The molecule has 1 heterocycles. The molecule has 0 fully saturated rings. The van der Waals surface area contributed by atoms with Crippen LogP contribution < -0.4 is 0 Å². The standard InChI is InChI=1S/C7H4BrFN2/c8-6-2-5(9)1-4-3-10-11-7(4)6/h1-3H,(H,10,11). The normalized spacial score (nSPS) is 10.7. The summed E-state index contributed by atoms with van der Waals surface area (Å²) in [4.78, 5) is 0. The fourth-order valence-corrected chi connectivity index (χ4v) is 1.52. The first kappa shape index (κ1) is 6.79. The summed E-state index contributed by atoms with van der Waals surface area (Å²) in [5.41, 5.74) is 0.825. The van der Waals surface area contributed by atoms with E-state index < -0.39 is 0 Å². The lowest BCUT2D eigenvalue weighted by molar-refractivity contribution is 0.629. The zero-order valence-electron chi connectivity index (χ0n) is 5.44. The maximum atomic E-state index is 12.7. The average Bonchev–Trinajstić information content (AvgIpc) is 2.34. The maximum Gasteiger partial charge on any atom is 0.125 e. The fourth-order valence-electron chi connectivity index (χ4n) is 0.980. The number of fused-ring (bicyclic) bond motifs is 1. The van der Waals surface area contributed by atoms with Gasteiger partial charge in [0.15, 0.2) is 0 Å². The van der Waals surface area contributed by atoms with E-state index in [9.17, 15) is 4.39 Å². The first-order valence-electron chi connectivity index (χ1n) is 3.05. The van der Waals surface area contributed by atoms with Crippen molar-refractivity contribution in [2.24, 2.45) is 0 Å². The Morgan fingerprint density at radius 3 is 3.09 bits per heavy atom. The van der Waals surface area contributed by atoms with Crippen LogP contribution in [0.4, 0.5) is 4.39 Å². The summed E-state index contributed by atoms with van der Waals surface area (Å²) < 4.78 is 13.4. The van der Waals surface area contributed by atoms with Crippen molar-refractivity contribution in [3.8, 4) is 0 Å². The quantitative estimate of drug-likeness (QED) is 0.718. The molecule has 0 aliphatic heterocycles. The number of nitrogens with one attached hydrogen (secondary N) is 1. The molecular formula is C7H4BrFN2. The maximum absolute atomic E-state index is 12.7. The number of aromatic amines is 1. The van der Waals surface area contributed by atoms with E-state index in [2.05, 4.69) is 26.1 Å². The Morgan fingerprint density at radius 2 is 2.27 bits per heavy atom. The number of benzene rings is 1.